The zero-order valence-corrected chi connectivity index (χ0v) is 17.1. The largest absolute Gasteiger partial charge is 0.382 e. The Hall–Kier alpha value is -2.45. The number of hydrogen-bond acceptors (Lipinski definition) is 5. The summed E-state index contributed by atoms with van der Waals surface area (Å²) in [6.07, 6.45) is 0. The third-order valence-corrected chi connectivity index (χ3v) is 5.22. The average Bonchev–Trinajstić information content (AvgIpc) is 2.65. The van der Waals surface area contributed by atoms with Crippen molar-refractivity contribution in [2.24, 2.45) is 0 Å². The monoisotopic (exact) mass is 408 g/mol. The summed E-state index contributed by atoms with van der Waals surface area (Å²) in [4.78, 5) is 16.4. The Morgan fingerprint density at radius 3 is 2.43 bits per heavy atom. The van der Waals surface area contributed by atoms with Gasteiger partial charge >= 0.3 is 10.1 Å². The minimum Gasteiger partial charge on any atom is -0.382 e. The molecule has 2 rings (SSSR count). The maximum Gasteiger partial charge on any atom is 0.308 e. The van der Waals surface area contributed by atoms with Gasteiger partial charge in [0.2, 0.25) is 0 Å². The van der Waals surface area contributed by atoms with Crippen LogP contribution in [0.1, 0.15) is 22.8 Å². The van der Waals surface area contributed by atoms with E-state index in [9.17, 15) is 17.6 Å². The fraction of sp³-hybridized carbons (Fsp3) is 0.350. The number of carbonyl (C=O) groups is 1. The maximum absolute atomic E-state index is 13.6. The zero-order valence-electron chi connectivity index (χ0n) is 16.3. The van der Waals surface area contributed by atoms with E-state index in [1.165, 1.54) is 25.1 Å². The number of hydrogen-bond donors (Lipinski definition) is 0. The van der Waals surface area contributed by atoms with Gasteiger partial charge in [-0.2, -0.15) is 8.42 Å². The van der Waals surface area contributed by atoms with Crippen LogP contribution in [0.25, 0.3) is 0 Å². The summed E-state index contributed by atoms with van der Waals surface area (Å²) in [5.41, 5.74) is 0.793. The first-order valence-electron chi connectivity index (χ1n) is 8.91. The average molecular weight is 408 g/mol. The predicted molar refractivity (Wildman–Crippen MR) is 106 cm³/mol. The van der Waals surface area contributed by atoms with Crippen molar-refractivity contribution < 1.29 is 21.8 Å². The summed E-state index contributed by atoms with van der Waals surface area (Å²) in [5.74, 6) is -0.801. The molecular weight excluding hydrogens is 383 g/mol. The van der Waals surface area contributed by atoms with Crippen molar-refractivity contribution >= 4 is 16.0 Å². The molecule has 8 heteroatoms. The summed E-state index contributed by atoms with van der Waals surface area (Å²) in [7, 11) is 0.0734. The number of para-hydroxylation sites is 1. The molecule has 0 N–H and O–H groups in total. The fourth-order valence-electron chi connectivity index (χ4n) is 2.49. The van der Waals surface area contributed by atoms with E-state index in [1.54, 1.807) is 35.2 Å². The molecular formula is C20H25FN2O4S. The standard InChI is InChI=1S/C20H25FN2O4S/c1-4-28(25,26)27-19-11-6-5-8-17(19)15-23(13-12-22(2)3)20(24)16-9-7-10-18(21)14-16/h5-11,14H,4,12-13,15H2,1-3H3. The first kappa shape index (κ1) is 21.8. The summed E-state index contributed by atoms with van der Waals surface area (Å²) < 4.78 is 42.5. The molecule has 28 heavy (non-hydrogen) atoms. The molecule has 2 aromatic rings. The Bertz CT molecular complexity index is 916. The van der Waals surface area contributed by atoms with Gasteiger partial charge in [-0.15, -0.1) is 0 Å². The van der Waals surface area contributed by atoms with Gasteiger partial charge in [-0.25, -0.2) is 4.39 Å². The SMILES string of the molecule is CCS(=O)(=O)Oc1ccccc1CN(CCN(C)C)C(=O)c1cccc(F)c1. The fourth-order valence-corrected chi connectivity index (χ4v) is 3.05. The molecule has 152 valence electrons. The molecule has 0 aliphatic rings. The number of likely N-dealkylation sites (N-methyl/N-ethyl adjacent to an activating group) is 1. The molecule has 0 radical (unpaired) electrons. The van der Waals surface area contributed by atoms with E-state index in [0.717, 1.165) is 0 Å². The lowest BCUT2D eigenvalue weighted by Gasteiger charge is -2.25. The van der Waals surface area contributed by atoms with Crippen LogP contribution < -0.4 is 4.18 Å². The Morgan fingerprint density at radius 1 is 1.07 bits per heavy atom. The first-order chi connectivity index (χ1) is 13.2. The smallest absolute Gasteiger partial charge is 0.308 e. The van der Waals surface area contributed by atoms with Gasteiger partial charge in [0.15, 0.2) is 0 Å². The van der Waals surface area contributed by atoms with Crippen molar-refractivity contribution in [2.75, 3.05) is 32.9 Å². The Kier molecular flexibility index (Phi) is 7.53. The van der Waals surface area contributed by atoms with Crippen LogP contribution in [0.5, 0.6) is 5.75 Å². The number of rotatable bonds is 9. The van der Waals surface area contributed by atoms with Crippen LogP contribution in [0.15, 0.2) is 48.5 Å². The van der Waals surface area contributed by atoms with Gasteiger partial charge in [0.1, 0.15) is 11.6 Å². The highest BCUT2D eigenvalue weighted by Crippen LogP contribution is 2.23. The Balaban J connectivity index is 2.32. The number of nitrogens with zero attached hydrogens (tertiary/aromatic N) is 2. The normalized spacial score (nSPS) is 11.5. The highest BCUT2D eigenvalue weighted by molar-refractivity contribution is 7.87. The molecule has 0 spiro atoms. The van der Waals surface area contributed by atoms with Crippen molar-refractivity contribution in [3.8, 4) is 5.75 Å². The molecule has 0 aliphatic carbocycles. The molecule has 0 atom stereocenters. The van der Waals surface area contributed by atoms with Crippen LogP contribution in [0.2, 0.25) is 0 Å². The topological polar surface area (TPSA) is 66.9 Å². The van der Waals surface area contributed by atoms with Crippen molar-refractivity contribution in [1.29, 1.82) is 0 Å². The highest BCUT2D eigenvalue weighted by atomic mass is 32.2. The molecule has 0 saturated carbocycles. The molecule has 0 bridgehead atoms. The van der Waals surface area contributed by atoms with E-state index in [-0.39, 0.29) is 29.5 Å². The van der Waals surface area contributed by atoms with Crippen LogP contribution in [-0.2, 0) is 16.7 Å². The number of carbonyl (C=O) groups excluding carboxylic acids is 1. The van der Waals surface area contributed by atoms with E-state index >= 15 is 0 Å². The van der Waals surface area contributed by atoms with Crippen molar-refractivity contribution in [3.63, 3.8) is 0 Å². The quantitative estimate of drug-likeness (QED) is 0.597. The van der Waals surface area contributed by atoms with Gasteiger partial charge in [0, 0.05) is 30.8 Å². The van der Waals surface area contributed by atoms with Gasteiger partial charge in [-0.05, 0) is 45.3 Å². The minimum absolute atomic E-state index is 0.137. The predicted octanol–water partition coefficient (Wildman–Crippen LogP) is 2.76. The van der Waals surface area contributed by atoms with Crippen molar-refractivity contribution in [3.05, 3.63) is 65.5 Å². The second-order valence-corrected chi connectivity index (χ2v) is 8.44. The molecule has 0 unspecified atom stereocenters. The third-order valence-electron chi connectivity index (χ3n) is 4.08. The van der Waals surface area contributed by atoms with Crippen LogP contribution in [0.4, 0.5) is 4.39 Å². The molecule has 6 nitrogen and oxygen atoms in total. The van der Waals surface area contributed by atoms with Crippen LogP contribution in [-0.4, -0.2) is 57.1 Å². The molecule has 1 amide bonds. The third kappa shape index (κ3) is 6.31. The molecule has 0 fully saturated rings. The second-order valence-electron chi connectivity index (χ2n) is 6.58. The minimum atomic E-state index is -3.70. The second kappa shape index (κ2) is 9.66. The van der Waals surface area contributed by atoms with Gasteiger partial charge in [0.25, 0.3) is 5.91 Å². The molecule has 0 aliphatic heterocycles. The number of halogens is 1. The maximum atomic E-state index is 13.6. The summed E-state index contributed by atoms with van der Waals surface area (Å²) in [6, 6.07) is 12.2. The van der Waals surface area contributed by atoms with Crippen LogP contribution >= 0.6 is 0 Å². The van der Waals surface area contributed by atoms with E-state index in [2.05, 4.69) is 0 Å². The van der Waals surface area contributed by atoms with Gasteiger partial charge in [-0.3, -0.25) is 4.79 Å². The van der Waals surface area contributed by atoms with Crippen LogP contribution in [0.3, 0.4) is 0 Å². The Morgan fingerprint density at radius 2 is 1.79 bits per heavy atom. The summed E-state index contributed by atoms with van der Waals surface area (Å²) in [5, 5.41) is 0. The van der Waals surface area contributed by atoms with E-state index in [4.69, 9.17) is 4.18 Å². The van der Waals surface area contributed by atoms with E-state index in [0.29, 0.717) is 18.7 Å². The zero-order chi connectivity index (χ0) is 20.7. The molecule has 2 aromatic carbocycles. The lowest BCUT2D eigenvalue weighted by Crippen LogP contribution is -2.36. The van der Waals surface area contributed by atoms with Crippen molar-refractivity contribution in [2.45, 2.75) is 13.5 Å². The number of benzene rings is 2. The van der Waals surface area contributed by atoms with Crippen LogP contribution in [0, 0.1) is 5.82 Å². The molecule has 0 saturated heterocycles. The van der Waals surface area contributed by atoms with Crippen molar-refractivity contribution in [1.82, 2.24) is 9.80 Å². The van der Waals surface area contributed by atoms with Gasteiger partial charge in [-0.1, -0.05) is 24.3 Å². The summed E-state index contributed by atoms with van der Waals surface area (Å²) >= 11 is 0. The summed E-state index contributed by atoms with van der Waals surface area (Å²) in [6.45, 7) is 2.61. The lowest BCUT2D eigenvalue weighted by molar-refractivity contribution is 0.0731. The van der Waals surface area contributed by atoms with E-state index < -0.39 is 15.9 Å². The first-order valence-corrected chi connectivity index (χ1v) is 10.5. The van der Waals surface area contributed by atoms with E-state index in [1.807, 2.05) is 19.0 Å². The number of amides is 1. The molecule has 0 heterocycles. The van der Waals surface area contributed by atoms with Gasteiger partial charge < -0.3 is 14.0 Å². The Labute approximate surface area is 165 Å². The highest BCUT2D eigenvalue weighted by Gasteiger charge is 2.20. The molecule has 0 aromatic heterocycles. The lowest BCUT2D eigenvalue weighted by atomic mass is 10.1. The van der Waals surface area contributed by atoms with Gasteiger partial charge in [0.05, 0.1) is 5.75 Å².